The van der Waals surface area contributed by atoms with Gasteiger partial charge in [0.05, 0.1) is 14.2 Å². The van der Waals surface area contributed by atoms with Gasteiger partial charge in [0.1, 0.15) is 21.7 Å². The number of carbonyl (C=O) groups excluding carboxylic acids is 1. The summed E-state index contributed by atoms with van der Waals surface area (Å²) in [4.78, 5) is 10.6. The van der Waals surface area contributed by atoms with Gasteiger partial charge in [0.25, 0.3) is 0 Å². The normalized spacial score (nSPS) is 10.2. The number of benzene rings is 1. The summed E-state index contributed by atoms with van der Waals surface area (Å²) in [5.41, 5.74) is 0.778. The number of hydrogen-bond acceptors (Lipinski definition) is 4. The summed E-state index contributed by atoms with van der Waals surface area (Å²) in [5.74, 6) is 2.13. The molecule has 1 heterocycles. The zero-order chi connectivity index (χ0) is 13.1. The Morgan fingerprint density at radius 2 is 1.78 bits per heavy atom. The molecule has 0 fully saturated rings. The summed E-state index contributed by atoms with van der Waals surface area (Å²) >= 11 is 3.39. The van der Waals surface area contributed by atoms with Gasteiger partial charge in [0.15, 0.2) is 12.0 Å². The van der Waals surface area contributed by atoms with E-state index < -0.39 is 0 Å². The molecule has 0 saturated heterocycles. The first-order chi connectivity index (χ1) is 8.69. The SMILES string of the molecule is COc1cc(-c2ccc(C=O)o2)cc(OC)c1Br. The summed E-state index contributed by atoms with van der Waals surface area (Å²) in [5, 5.41) is 0. The lowest BCUT2D eigenvalue weighted by Gasteiger charge is -2.10. The van der Waals surface area contributed by atoms with Crippen LogP contribution in [0.2, 0.25) is 0 Å². The molecule has 4 nitrogen and oxygen atoms in total. The number of methoxy groups -OCH3 is 2. The van der Waals surface area contributed by atoms with E-state index in [1.54, 1.807) is 38.5 Å². The molecule has 94 valence electrons. The quantitative estimate of drug-likeness (QED) is 0.810. The van der Waals surface area contributed by atoms with Crippen LogP contribution in [-0.4, -0.2) is 20.5 Å². The molecule has 1 aromatic carbocycles. The van der Waals surface area contributed by atoms with Gasteiger partial charge in [-0.3, -0.25) is 4.79 Å². The molecule has 0 amide bonds. The van der Waals surface area contributed by atoms with Gasteiger partial charge in [0, 0.05) is 5.56 Å². The van der Waals surface area contributed by atoms with Crippen molar-refractivity contribution < 1.29 is 18.7 Å². The summed E-state index contributed by atoms with van der Waals surface area (Å²) in [6.45, 7) is 0. The third-order valence-corrected chi connectivity index (χ3v) is 3.25. The molecule has 0 unspecified atom stereocenters. The third kappa shape index (κ3) is 2.26. The van der Waals surface area contributed by atoms with Gasteiger partial charge in [-0.05, 0) is 40.2 Å². The molecule has 0 radical (unpaired) electrons. The number of halogens is 1. The van der Waals surface area contributed by atoms with Gasteiger partial charge in [-0.2, -0.15) is 0 Å². The molecule has 2 aromatic rings. The van der Waals surface area contributed by atoms with E-state index in [0.717, 1.165) is 10.0 Å². The Bertz CT molecular complexity index is 549. The maximum Gasteiger partial charge on any atom is 0.185 e. The van der Waals surface area contributed by atoms with Crippen LogP contribution in [0.1, 0.15) is 10.6 Å². The fraction of sp³-hybridized carbons (Fsp3) is 0.154. The van der Waals surface area contributed by atoms with Gasteiger partial charge in [-0.25, -0.2) is 0 Å². The Labute approximate surface area is 113 Å². The number of hydrogen-bond donors (Lipinski definition) is 0. The molecule has 0 saturated carbocycles. The lowest BCUT2D eigenvalue weighted by atomic mass is 10.1. The van der Waals surface area contributed by atoms with Crippen molar-refractivity contribution in [3.63, 3.8) is 0 Å². The van der Waals surface area contributed by atoms with Gasteiger partial charge < -0.3 is 13.9 Å². The Kier molecular flexibility index (Phi) is 3.72. The second-order valence-corrected chi connectivity index (χ2v) is 4.31. The Balaban J connectivity index is 2.53. The summed E-state index contributed by atoms with van der Waals surface area (Å²) in [6, 6.07) is 6.95. The highest BCUT2D eigenvalue weighted by Gasteiger charge is 2.13. The predicted molar refractivity (Wildman–Crippen MR) is 70.3 cm³/mol. The van der Waals surface area contributed by atoms with Gasteiger partial charge >= 0.3 is 0 Å². The Hall–Kier alpha value is -1.75. The maximum atomic E-state index is 10.6. The summed E-state index contributed by atoms with van der Waals surface area (Å²) in [6.07, 6.45) is 0.664. The monoisotopic (exact) mass is 310 g/mol. The predicted octanol–water partition coefficient (Wildman–Crippen LogP) is 3.54. The van der Waals surface area contributed by atoms with Gasteiger partial charge in [0.2, 0.25) is 0 Å². The van der Waals surface area contributed by atoms with E-state index in [-0.39, 0.29) is 5.76 Å². The van der Waals surface area contributed by atoms with Crippen molar-refractivity contribution in [2.75, 3.05) is 14.2 Å². The largest absolute Gasteiger partial charge is 0.495 e. The average molecular weight is 311 g/mol. The number of carbonyl (C=O) groups is 1. The van der Waals surface area contributed by atoms with Crippen molar-refractivity contribution >= 4 is 22.2 Å². The van der Waals surface area contributed by atoms with E-state index in [0.29, 0.717) is 23.5 Å². The minimum Gasteiger partial charge on any atom is -0.495 e. The Morgan fingerprint density at radius 3 is 2.22 bits per heavy atom. The third-order valence-electron chi connectivity index (χ3n) is 2.47. The molecule has 0 aliphatic heterocycles. The molecule has 0 N–H and O–H groups in total. The van der Waals surface area contributed by atoms with Crippen LogP contribution in [-0.2, 0) is 0 Å². The van der Waals surface area contributed by atoms with Crippen molar-refractivity contribution in [2.24, 2.45) is 0 Å². The molecule has 0 bridgehead atoms. The van der Waals surface area contributed by atoms with Crippen LogP contribution in [0.15, 0.2) is 33.2 Å². The first kappa shape index (κ1) is 12.7. The molecule has 0 aliphatic rings. The van der Waals surface area contributed by atoms with Crippen molar-refractivity contribution in [3.8, 4) is 22.8 Å². The van der Waals surface area contributed by atoms with Gasteiger partial charge in [-0.15, -0.1) is 0 Å². The highest BCUT2D eigenvalue weighted by Crippen LogP contribution is 2.39. The van der Waals surface area contributed by atoms with E-state index in [4.69, 9.17) is 13.9 Å². The van der Waals surface area contributed by atoms with Crippen molar-refractivity contribution in [1.82, 2.24) is 0 Å². The van der Waals surface area contributed by atoms with Crippen molar-refractivity contribution in [2.45, 2.75) is 0 Å². The van der Waals surface area contributed by atoms with Crippen LogP contribution in [0, 0.1) is 0 Å². The number of furan rings is 1. The molecule has 0 aliphatic carbocycles. The molecule has 18 heavy (non-hydrogen) atoms. The zero-order valence-corrected chi connectivity index (χ0v) is 11.5. The van der Waals surface area contributed by atoms with Crippen molar-refractivity contribution in [3.05, 3.63) is 34.5 Å². The maximum absolute atomic E-state index is 10.6. The highest BCUT2D eigenvalue weighted by atomic mass is 79.9. The first-order valence-electron chi connectivity index (χ1n) is 5.16. The second-order valence-electron chi connectivity index (χ2n) is 3.51. The minimum atomic E-state index is 0.283. The molecular formula is C13H11BrO4. The topological polar surface area (TPSA) is 48.7 Å². The van der Waals surface area contributed by atoms with Crippen LogP contribution >= 0.6 is 15.9 Å². The number of rotatable bonds is 4. The molecule has 1 aromatic heterocycles. The molecule has 5 heteroatoms. The summed E-state index contributed by atoms with van der Waals surface area (Å²) in [7, 11) is 3.14. The second kappa shape index (κ2) is 5.27. The van der Waals surface area contributed by atoms with Crippen LogP contribution in [0.5, 0.6) is 11.5 Å². The van der Waals surface area contributed by atoms with E-state index >= 15 is 0 Å². The molecule has 2 rings (SSSR count). The smallest absolute Gasteiger partial charge is 0.185 e. The lowest BCUT2D eigenvalue weighted by molar-refractivity contribution is 0.110. The van der Waals surface area contributed by atoms with Gasteiger partial charge in [-0.1, -0.05) is 0 Å². The fourth-order valence-electron chi connectivity index (χ4n) is 1.58. The Morgan fingerprint density at radius 1 is 1.17 bits per heavy atom. The van der Waals surface area contributed by atoms with Crippen LogP contribution in [0.3, 0.4) is 0 Å². The van der Waals surface area contributed by atoms with E-state index in [2.05, 4.69) is 15.9 Å². The molecule has 0 atom stereocenters. The van der Waals surface area contributed by atoms with Crippen LogP contribution in [0.4, 0.5) is 0 Å². The number of ether oxygens (including phenoxy) is 2. The van der Waals surface area contributed by atoms with Crippen LogP contribution < -0.4 is 9.47 Å². The van der Waals surface area contributed by atoms with E-state index in [9.17, 15) is 4.79 Å². The average Bonchev–Trinajstić information content (AvgIpc) is 2.88. The summed E-state index contributed by atoms with van der Waals surface area (Å²) < 4.78 is 16.6. The minimum absolute atomic E-state index is 0.283. The van der Waals surface area contributed by atoms with Crippen molar-refractivity contribution in [1.29, 1.82) is 0 Å². The fourth-order valence-corrected chi connectivity index (χ4v) is 2.14. The lowest BCUT2D eigenvalue weighted by Crippen LogP contribution is -1.91. The zero-order valence-electron chi connectivity index (χ0n) is 9.90. The standard InChI is InChI=1S/C13H11BrO4/c1-16-11-5-8(6-12(17-2)13(11)14)10-4-3-9(7-15)18-10/h3-7H,1-2H3. The molecular weight excluding hydrogens is 300 g/mol. The van der Waals surface area contributed by atoms with Crippen LogP contribution in [0.25, 0.3) is 11.3 Å². The van der Waals surface area contributed by atoms with E-state index in [1.807, 2.05) is 0 Å². The first-order valence-corrected chi connectivity index (χ1v) is 5.95. The highest BCUT2D eigenvalue weighted by molar-refractivity contribution is 9.10. The number of aldehydes is 1. The molecule has 0 spiro atoms. The van der Waals surface area contributed by atoms with E-state index in [1.165, 1.54) is 0 Å².